The Balaban J connectivity index is 1.55. The third kappa shape index (κ3) is 2.68. The molecule has 0 spiro atoms. The first-order valence-corrected chi connectivity index (χ1v) is 7.12. The van der Waals surface area contributed by atoms with Gasteiger partial charge in [-0.3, -0.25) is 9.80 Å². The molecule has 98 valence electrons. The predicted octanol–water partition coefficient (Wildman–Crippen LogP) is 1.94. The fourth-order valence-corrected chi connectivity index (χ4v) is 3.31. The van der Waals surface area contributed by atoms with Gasteiger partial charge in [0.1, 0.15) is 0 Å². The Morgan fingerprint density at radius 3 is 2.78 bits per heavy atom. The van der Waals surface area contributed by atoms with E-state index in [4.69, 9.17) is 5.73 Å². The van der Waals surface area contributed by atoms with Gasteiger partial charge in [-0.15, -0.1) is 0 Å². The summed E-state index contributed by atoms with van der Waals surface area (Å²) in [6.07, 6.45) is 4.12. The van der Waals surface area contributed by atoms with E-state index in [1.165, 1.54) is 51.0 Å². The van der Waals surface area contributed by atoms with Crippen molar-refractivity contribution in [3.05, 3.63) is 29.8 Å². The number of nitrogen functional groups attached to an aromatic ring is 1. The number of benzene rings is 1. The molecule has 1 unspecified atom stereocenters. The number of hydrogen-bond donors (Lipinski definition) is 1. The van der Waals surface area contributed by atoms with E-state index >= 15 is 0 Å². The average molecular weight is 245 g/mol. The van der Waals surface area contributed by atoms with Gasteiger partial charge in [0.25, 0.3) is 0 Å². The highest BCUT2D eigenvalue weighted by atomic mass is 15.3. The van der Waals surface area contributed by atoms with Crippen molar-refractivity contribution in [1.82, 2.24) is 9.80 Å². The molecule has 0 bridgehead atoms. The summed E-state index contributed by atoms with van der Waals surface area (Å²) in [4.78, 5) is 5.25. The molecular weight excluding hydrogens is 222 g/mol. The van der Waals surface area contributed by atoms with Crippen molar-refractivity contribution in [3.8, 4) is 0 Å². The van der Waals surface area contributed by atoms with Gasteiger partial charge in [0, 0.05) is 31.4 Å². The molecular formula is C15H23N3. The lowest BCUT2D eigenvalue weighted by Crippen LogP contribution is -2.35. The molecule has 0 radical (unpaired) electrons. The largest absolute Gasteiger partial charge is 0.399 e. The molecule has 2 N–H and O–H groups in total. The number of rotatable bonds is 3. The van der Waals surface area contributed by atoms with Gasteiger partial charge < -0.3 is 5.73 Å². The molecule has 0 amide bonds. The smallest absolute Gasteiger partial charge is 0.0317 e. The van der Waals surface area contributed by atoms with Crippen LogP contribution in [0.2, 0.25) is 0 Å². The Morgan fingerprint density at radius 2 is 2.00 bits per heavy atom. The van der Waals surface area contributed by atoms with Gasteiger partial charge in [0.2, 0.25) is 0 Å². The minimum Gasteiger partial charge on any atom is -0.399 e. The van der Waals surface area contributed by atoms with E-state index in [1.807, 2.05) is 6.07 Å². The molecule has 2 fully saturated rings. The zero-order valence-electron chi connectivity index (χ0n) is 11.0. The molecule has 2 saturated heterocycles. The van der Waals surface area contributed by atoms with Gasteiger partial charge in [-0.25, -0.2) is 0 Å². The molecule has 1 atom stereocenters. The molecule has 3 rings (SSSR count). The maximum absolute atomic E-state index is 5.83. The van der Waals surface area contributed by atoms with Crippen LogP contribution >= 0.6 is 0 Å². The monoisotopic (exact) mass is 245 g/mol. The predicted molar refractivity (Wildman–Crippen MR) is 75.3 cm³/mol. The summed E-state index contributed by atoms with van der Waals surface area (Å²) in [5.74, 6) is 0. The van der Waals surface area contributed by atoms with Crippen LogP contribution in [0.4, 0.5) is 5.69 Å². The van der Waals surface area contributed by atoms with Crippen molar-refractivity contribution in [1.29, 1.82) is 0 Å². The molecule has 0 saturated carbocycles. The summed E-state index contributed by atoms with van der Waals surface area (Å²) in [5.41, 5.74) is 8.06. The van der Waals surface area contributed by atoms with E-state index in [-0.39, 0.29) is 0 Å². The lowest BCUT2D eigenvalue weighted by molar-refractivity contribution is 0.230. The van der Waals surface area contributed by atoms with E-state index < -0.39 is 0 Å². The minimum absolute atomic E-state index is 0.800. The van der Waals surface area contributed by atoms with E-state index in [9.17, 15) is 0 Å². The van der Waals surface area contributed by atoms with Crippen LogP contribution in [-0.4, -0.2) is 42.0 Å². The Bertz CT molecular complexity index is 398. The standard InChI is InChI=1S/C15H23N3/c16-14-5-3-4-13(10-14)11-17-9-6-15(12-17)18-7-1-2-8-18/h3-5,10,15H,1-2,6-9,11-12,16H2. The first-order valence-electron chi connectivity index (χ1n) is 7.12. The lowest BCUT2D eigenvalue weighted by Gasteiger charge is -2.23. The van der Waals surface area contributed by atoms with Gasteiger partial charge in [-0.2, -0.15) is 0 Å². The molecule has 0 aliphatic carbocycles. The van der Waals surface area contributed by atoms with Crippen molar-refractivity contribution in [2.45, 2.75) is 31.8 Å². The SMILES string of the molecule is Nc1cccc(CN2CCC(N3CCCC3)C2)c1. The third-order valence-electron chi connectivity index (χ3n) is 4.26. The normalized spacial score (nSPS) is 25.9. The molecule has 2 aliphatic heterocycles. The van der Waals surface area contributed by atoms with Gasteiger partial charge in [-0.05, 0) is 50.0 Å². The summed E-state index contributed by atoms with van der Waals surface area (Å²) < 4.78 is 0. The highest BCUT2D eigenvalue weighted by molar-refractivity contribution is 5.40. The second-order valence-corrected chi connectivity index (χ2v) is 5.67. The van der Waals surface area contributed by atoms with Gasteiger partial charge >= 0.3 is 0 Å². The molecule has 0 aromatic heterocycles. The van der Waals surface area contributed by atoms with Crippen LogP contribution in [0.1, 0.15) is 24.8 Å². The summed E-state index contributed by atoms with van der Waals surface area (Å²) in [5, 5.41) is 0. The summed E-state index contributed by atoms with van der Waals surface area (Å²) in [7, 11) is 0. The quantitative estimate of drug-likeness (QED) is 0.826. The number of nitrogens with zero attached hydrogens (tertiary/aromatic N) is 2. The van der Waals surface area contributed by atoms with Crippen molar-refractivity contribution < 1.29 is 0 Å². The summed E-state index contributed by atoms with van der Waals surface area (Å²) in [6.45, 7) is 6.15. The van der Waals surface area contributed by atoms with Crippen LogP contribution in [-0.2, 0) is 6.54 Å². The molecule has 1 aromatic carbocycles. The van der Waals surface area contributed by atoms with Crippen molar-refractivity contribution in [2.75, 3.05) is 31.9 Å². The molecule has 2 aliphatic rings. The van der Waals surface area contributed by atoms with Crippen LogP contribution in [0.15, 0.2) is 24.3 Å². The van der Waals surface area contributed by atoms with E-state index in [2.05, 4.69) is 28.0 Å². The maximum atomic E-state index is 5.83. The van der Waals surface area contributed by atoms with Crippen LogP contribution in [0.3, 0.4) is 0 Å². The second kappa shape index (κ2) is 5.29. The topological polar surface area (TPSA) is 32.5 Å². The number of nitrogens with two attached hydrogens (primary N) is 1. The lowest BCUT2D eigenvalue weighted by atomic mass is 10.2. The van der Waals surface area contributed by atoms with E-state index in [1.54, 1.807) is 0 Å². The summed E-state index contributed by atoms with van der Waals surface area (Å²) in [6, 6.07) is 9.09. The number of likely N-dealkylation sites (tertiary alicyclic amines) is 2. The van der Waals surface area contributed by atoms with Crippen LogP contribution in [0.5, 0.6) is 0 Å². The second-order valence-electron chi connectivity index (χ2n) is 5.67. The van der Waals surface area contributed by atoms with Crippen molar-refractivity contribution in [3.63, 3.8) is 0 Å². The van der Waals surface area contributed by atoms with E-state index in [0.717, 1.165) is 18.3 Å². The zero-order chi connectivity index (χ0) is 12.4. The van der Waals surface area contributed by atoms with Crippen LogP contribution < -0.4 is 5.73 Å². The first-order chi connectivity index (χ1) is 8.81. The Labute approximate surface area is 110 Å². The highest BCUT2D eigenvalue weighted by Crippen LogP contribution is 2.22. The van der Waals surface area contributed by atoms with Crippen LogP contribution in [0.25, 0.3) is 0 Å². The molecule has 18 heavy (non-hydrogen) atoms. The first kappa shape index (κ1) is 12.0. The van der Waals surface area contributed by atoms with Gasteiger partial charge in [0.15, 0.2) is 0 Å². The Morgan fingerprint density at radius 1 is 1.17 bits per heavy atom. The van der Waals surface area contributed by atoms with Crippen molar-refractivity contribution in [2.24, 2.45) is 0 Å². The Kier molecular flexibility index (Phi) is 3.52. The van der Waals surface area contributed by atoms with E-state index in [0.29, 0.717) is 0 Å². The molecule has 1 aromatic rings. The number of hydrogen-bond acceptors (Lipinski definition) is 3. The molecule has 3 heteroatoms. The summed E-state index contributed by atoms with van der Waals surface area (Å²) >= 11 is 0. The fourth-order valence-electron chi connectivity index (χ4n) is 3.31. The zero-order valence-corrected chi connectivity index (χ0v) is 11.0. The molecule has 2 heterocycles. The number of anilines is 1. The average Bonchev–Trinajstić information content (AvgIpc) is 2.98. The molecule has 3 nitrogen and oxygen atoms in total. The van der Waals surface area contributed by atoms with Gasteiger partial charge in [0.05, 0.1) is 0 Å². The maximum Gasteiger partial charge on any atom is 0.0317 e. The van der Waals surface area contributed by atoms with Crippen molar-refractivity contribution >= 4 is 5.69 Å². The minimum atomic E-state index is 0.800. The van der Waals surface area contributed by atoms with Crippen LogP contribution in [0, 0.1) is 0 Å². The fraction of sp³-hybridized carbons (Fsp3) is 0.600. The highest BCUT2D eigenvalue weighted by Gasteiger charge is 2.28. The Hall–Kier alpha value is -1.06. The van der Waals surface area contributed by atoms with Gasteiger partial charge in [-0.1, -0.05) is 12.1 Å². The third-order valence-corrected chi connectivity index (χ3v) is 4.26.